The molecule has 0 aromatic heterocycles. The van der Waals surface area contributed by atoms with Crippen molar-refractivity contribution in [2.75, 3.05) is 23.9 Å². The summed E-state index contributed by atoms with van der Waals surface area (Å²) in [5, 5.41) is 2.83. The van der Waals surface area contributed by atoms with E-state index < -0.39 is 6.04 Å². The topological polar surface area (TPSA) is 64.3 Å². The zero-order valence-corrected chi connectivity index (χ0v) is 13.0. The molecule has 0 aliphatic heterocycles. The number of rotatable bonds is 9. The summed E-state index contributed by atoms with van der Waals surface area (Å²) in [6.45, 7) is 2.82. The van der Waals surface area contributed by atoms with Gasteiger partial charge in [0, 0.05) is 11.8 Å². The maximum Gasteiger partial charge on any atom is 0.241 e. The Labute approximate surface area is 125 Å². The second kappa shape index (κ2) is 9.66. The van der Waals surface area contributed by atoms with Gasteiger partial charge in [-0.05, 0) is 37.0 Å². The monoisotopic (exact) mass is 296 g/mol. The van der Waals surface area contributed by atoms with Gasteiger partial charge >= 0.3 is 0 Å². The number of nitrogens with one attached hydrogen (secondary N) is 1. The van der Waals surface area contributed by atoms with Crippen LogP contribution >= 0.6 is 11.8 Å². The molecular weight excluding hydrogens is 272 g/mol. The van der Waals surface area contributed by atoms with Gasteiger partial charge in [0.25, 0.3) is 0 Å². The summed E-state index contributed by atoms with van der Waals surface area (Å²) in [7, 11) is 0. The first-order valence-electron chi connectivity index (χ1n) is 6.95. The summed E-state index contributed by atoms with van der Waals surface area (Å²) in [6.07, 6.45) is 4.80. The molecule has 0 saturated heterocycles. The molecule has 0 unspecified atom stereocenters. The standard InChI is InChI=1S/C15H24N2O2S/c1-3-4-9-19-13-7-5-6-12(11-13)17-15(18)14(16)8-10-20-2/h5-7,11,14H,3-4,8-10,16H2,1-2H3,(H,17,18)/t14-/m0/s1. The lowest BCUT2D eigenvalue weighted by atomic mass is 10.2. The fraction of sp³-hybridized carbons (Fsp3) is 0.533. The number of unbranched alkanes of at least 4 members (excludes halogenated alkanes) is 1. The molecule has 0 aliphatic rings. The second-order valence-corrected chi connectivity index (χ2v) is 5.59. The number of carbonyl (C=O) groups excluding carboxylic acids is 1. The van der Waals surface area contributed by atoms with Crippen LogP contribution in [0, 0.1) is 0 Å². The molecule has 1 rings (SSSR count). The first-order valence-corrected chi connectivity index (χ1v) is 8.35. The van der Waals surface area contributed by atoms with Gasteiger partial charge in [-0.1, -0.05) is 19.4 Å². The highest BCUT2D eigenvalue weighted by Gasteiger charge is 2.13. The molecule has 1 aromatic carbocycles. The van der Waals surface area contributed by atoms with Crippen LogP contribution in [-0.2, 0) is 4.79 Å². The predicted molar refractivity (Wildman–Crippen MR) is 86.4 cm³/mol. The van der Waals surface area contributed by atoms with E-state index in [2.05, 4.69) is 12.2 Å². The van der Waals surface area contributed by atoms with Crippen LogP contribution in [0.5, 0.6) is 5.75 Å². The molecule has 1 aromatic rings. The average Bonchev–Trinajstić information content (AvgIpc) is 2.45. The first-order chi connectivity index (χ1) is 9.67. The third-order valence-electron chi connectivity index (χ3n) is 2.84. The Morgan fingerprint density at radius 1 is 1.50 bits per heavy atom. The number of anilines is 1. The van der Waals surface area contributed by atoms with Crippen LogP contribution in [0.25, 0.3) is 0 Å². The zero-order chi connectivity index (χ0) is 14.8. The summed E-state index contributed by atoms with van der Waals surface area (Å²) in [6, 6.07) is 6.96. The van der Waals surface area contributed by atoms with Crippen molar-refractivity contribution >= 4 is 23.4 Å². The predicted octanol–water partition coefficient (Wildman–Crippen LogP) is 2.88. The minimum absolute atomic E-state index is 0.148. The number of benzene rings is 1. The highest BCUT2D eigenvalue weighted by Crippen LogP contribution is 2.18. The Morgan fingerprint density at radius 3 is 3.00 bits per heavy atom. The third kappa shape index (κ3) is 6.30. The highest BCUT2D eigenvalue weighted by atomic mass is 32.2. The summed E-state index contributed by atoms with van der Waals surface area (Å²) >= 11 is 1.69. The minimum atomic E-state index is -0.466. The Bertz CT molecular complexity index is 413. The largest absolute Gasteiger partial charge is 0.494 e. The van der Waals surface area contributed by atoms with Crippen LogP contribution in [0.3, 0.4) is 0 Å². The minimum Gasteiger partial charge on any atom is -0.494 e. The van der Waals surface area contributed by atoms with E-state index in [1.165, 1.54) is 0 Å². The van der Waals surface area contributed by atoms with Gasteiger partial charge in [0.2, 0.25) is 5.91 Å². The molecular formula is C15H24N2O2S. The van der Waals surface area contributed by atoms with E-state index in [4.69, 9.17) is 10.5 Å². The number of thioether (sulfide) groups is 1. The normalized spacial score (nSPS) is 11.9. The number of hydrogen-bond acceptors (Lipinski definition) is 4. The molecule has 0 fully saturated rings. The second-order valence-electron chi connectivity index (χ2n) is 4.61. The molecule has 1 atom stereocenters. The maximum absolute atomic E-state index is 11.9. The van der Waals surface area contributed by atoms with Crippen LogP contribution < -0.4 is 15.8 Å². The summed E-state index contributed by atoms with van der Waals surface area (Å²) < 4.78 is 5.61. The lowest BCUT2D eigenvalue weighted by Crippen LogP contribution is -2.36. The van der Waals surface area contributed by atoms with Crippen molar-refractivity contribution in [3.63, 3.8) is 0 Å². The lowest BCUT2D eigenvalue weighted by Gasteiger charge is -2.12. The average molecular weight is 296 g/mol. The van der Waals surface area contributed by atoms with Gasteiger partial charge in [-0.25, -0.2) is 0 Å². The molecule has 0 saturated carbocycles. The van der Waals surface area contributed by atoms with Crippen LogP contribution in [0.4, 0.5) is 5.69 Å². The van der Waals surface area contributed by atoms with E-state index in [1.807, 2.05) is 30.5 Å². The Morgan fingerprint density at radius 2 is 2.30 bits per heavy atom. The van der Waals surface area contributed by atoms with Crippen LogP contribution in [-0.4, -0.2) is 30.6 Å². The van der Waals surface area contributed by atoms with Crippen LogP contribution in [0.2, 0.25) is 0 Å². The number of nitrogens with two attached hydrogens (primary N) is 1. The molecule has 20 heavy (non-hydrogen) atoms. The van der Waals surface area contributed by atoms with Gasteiger partial charge in [-0.15, -0.1) is 0 Å². The maximum atomic E-state index is 11.9. The van der Waals surface area contributed by atoms with Gasteiger partial charge in [-0.2, -0.15) is 11.8 Å². The molecule has 0 aliphatic carbocycles. The summed E-state index contributed by atoms with van der Waals surface area (Å²) in [5.74, 6) is 1.51. The fourth-order valence-corrected chi connectivity index (χ4v) is 2.10. The Balaban J connectivity index is 2.50. The van der Waals surface area contributed by atoms with E-state index >= 15 is 0 Å². The van der Waals surface area contributed by atoms with Crippen molar-refractivity contribution in [1.82, 2.24) is 0 Å². The van der Waals surface area contributed by atoms with Crippen molar-refractivity contribution in [1.29, 1.82) is 0 Å². The number of carbonyl (C=O) groups is 1. The first kappa shape index (κ1) is 16.9. The van der Waals surface area contributed by atoms with Crippen LogP contribution in [0.15, 0.2) is 24.3 Å². The molecule has 112 valence electrons. The summed E-state index contributed by atoms with van der Waals surface area (Å²) in [4.78, 5) is 11.9. The van der Waals surface area contributed by atoms with Crippen molar-refractivity contribution in [3.8, 4) is 5.75 Å². The van der Waals surface area contributed by atoms with Gasteiger partial charge in [0.1, 0.15) is 5.75 Å². The van der Waals surface area contributed by atoms with E-state index in [-0.39, 0.29) is 5.91 Å². The van der Waals surface area contributed by atoms with Gasteiger partial charge in [-0.3, -0.25) is 4.79 Å². The SMILES string of the molecule is CCCCOc1cccc(NC(=O)[C@@H](N)CCSC)c1. The highest BCUT2D eigenvalue weighted by molar-refractivity contribution is 7.98. The summed E-state index contributed by atoms with van der Waals surface area (Å²) in [5.41, 5.74) is 6.56. The number of hydrogen-bond donors (Lipinski definition) is 2. The van der Waals surface area contributed by atoms with E-state index in [0.29, 0.717) is 13.0 Å². The smallest absolute Gasteiger partial charge is 0.241 e. The zero-order valence-electron chi connectivity index (χ0n) is 12.2. The van der Waals surface area contributed by atoms with Gasteiger partial charge < -0.3 is 15.8 Å². The number of ether oxygens (including phenoxy) is 1. The van der Waals surface area contributed by atoms with E-state index in [0.717, 1.165) is 30.0 Å². The lowest BCUT2D eigenvalue weighted by molar-refractivity contribution is -0.117. The van der Waals surface area contributed by atoms with Crippen molar-refractivity contribution in [3.05, 3.63) is 24.3 Å². The van der Waals surface area contributed by atoms with E-state index in [9.17, 15) is 4.79 Å². The van der Waals surface area contributed by atoms with Gasteiger partial charge in [0.05, 0.1) is 12.6 Å². The van der Waals surface area contributed by atoms with Crippen molar-refractivity contribution < 1.29 is 9.53 Å². The molecule has 0 heterocycles. The molecule has 5 heteroatoms. The Hall–Kier alpha value is -1.20. The molecule has 0 bridgehead atoms. The van der Waals surface area contributed by atoms with Crippen LogP contribution in [0.1, 0.15) is 26.2 Å². The van der Waals surface area contributed by atoms with Crippen molar-refractivity contribution in [2.45, 2.75) is 32.2 Å². The molecule has 0 radical (unpaired) electrons. The van der Waals surface area contributed by atoms with Gasteiger partial charge in [0.15, 0.2) is 0 Å². The molecule has 4 nitrogen and oxygen atoms in total. The van der Waals surface area contributed by atoms with Crippen molar-refractivity contribution in [2.24, 2.45) is 5.73 Å². The molecule has 0 spiro atoms. The molecule has 1 amide bonds. The molecule has 3 N–H and O–H groups in total. The van der Waals surface area contributed by atoms with E-state index in [1.54, 1.807) is 11.8 Å². The number of amides is 1. The fourth-order valence-electron chi connectivity index (χ4n) is 1.61. The Kier molecular flexibility index (Phi) is 8.14. The quantitative estimate of drug-likeness (QED) is 0.688. The third-order valence-corrected chi connectivity index (χ3v) is 3.48.